The summed E-state index contributed by atoms with van der Waals surface area (Å²) in [5, 5.41) is 27.9. The van der Waals surface area contributed by atoms with Crippen molar-refractivity contribution < 1.29 is 29.6 Å². The van der Waals surface area contributed by atoms with Gasteiger partial charge >= 0.3 is 11.9 Å². The van der Waals surface area contributed by atoms with Gasteiger partial charge in [0.2, 0.25) is 0 Å². The summed E-state index contributed by atoms with van der Waals surface area (Å²) < 4.78 is 7.38. The minimum Gasteiger partial charge on any atom is -0.490 e. The Balaban J connectivity index is 0.000000505. The maximum absolute atomic E-state index is 10.7. The SMILES string of the molecule is Cc1cc(C)c2cc([C@H]3CCN(C[C@H](O)COc4cccc5[nH]ccc45)[C@H](C)C3)sc2c1.O=C(O)C(=O)O. The lowest BCUT2D eigenvalue weighted by atomic mass is 9.89. The average molecular weight is 539 g/mol. The summed E-state index contributed by atoms with van der Waals surface area (Å²) in [5.74, 6) is -2.22. The van der Waals surface area contributed by atoms with E-state index in [0.717, 1.165) is 36.0 Å². The molecule has 4 N–H and O–H groups in total. The fraction of sp³-hybridized carbons (Fsp3) is 0.379. The number of H-pyrrole nitrogens is 1. The number of thiophene rings is 1. The summed E-state index contributed by atoms with van der Waals surface area (Å²) in [6, 6.07) is 15.5. The number of carboxylic acid groups (broad SMARTS) is 2. The number of aryl methyl sites for hydroxylation is 2. The van der Waals surface area contributed by atoms with Crippen LogP contribution >= 0.6 is 11.3 Å². The van der Waals surface area contributed by atoms with Crippen LogP contribution in [-0.2, 0) is 9.59 Å². The number of piperidine rings is 1. The van der Waals surface area contributed by atoms with Crippen LogP contribution in [0.1, 0.15) is 41.7 Å². The van der Waals surface area contributed by atoms with Crippen molar-refractivity contribution in [2.45, 2.75) is 51.7 Å². The van der Waals surface area contributed by atoms with Gasteiger partial charge in [-0.05, 0) is 92.9 Å². The second-order valence-electron chi connectivity index (χ2n) is 9.98. The molecular formula is C29H34N2O6S. The summed E-state index contributed by atoms with van der Waals surface area (Å²) in [7, 11) is 0. The van der Waals surface area contributed by atoms with Crippen molar-refractivity contribution >= 4 is 44.3 Å². The predicted molar refractivity (Wildman–Crippen MR) is 149 cm³/mol. The molecule has 0 saturated carbocycles. The number of ether oxygens (including phenoxy) is 1. The van der Waals surface area contributed by atoms with Crippen molar-refractivity contribution in [2.24, 2.45) is 0 Å². The number of nitrogens with zero attached hydrogens (tertiary/aromatic N) is 1. The molecule has 2 aromatic carbocycles. The fourth-order valence-electron chi connectivity index (χ4n) is 5.15. The van der Waals surface area contributed by atoms with Gasteiger partial charge in [-0.15, -0.1) is 11.3 Å². The van der Waals surface area contributed by atoms with Crippen LogP contribution < -0.4 is 4.74 Å². The predicted octanol–water partition coefficient (Wildman–Crippen LogP) is 5.16. The van der Waals surface area contributed by atoms with Crippen LogP contribution in [0.5, 0.6) is 5.75 Å². The standard InChI is InChI=1S/C27H32N2O2S.C2H2O4/c1-17-11-18(2)23-14-26(32-27(23)12-17)20-8-10-29(19(3)13-20)15-21(30)16-31-25-6-4-5-24-22(25)7-9-28-24;3-1(4)2(5)6/h4-7,9,11-12,14,19-21,28,30H,8,10,13,15-16H2,1-3H3;(H,3,4)(H,5,6)/t19-,20+,21+;/m1./s1. The number of nitrogens with one attached hydrogen (secondary N) is 1. The van der Waals surface area contributed by atoms with Gasteiger partial charge in [0.1, 0.15) is 18.5 Å². The monoisotopic (exact) mass is 538 g/mol. The molecule has 202 valence electrons. The zero-order valence-corrected chi connectivity index (χ0v) is 22.6. The number of hydrogen-bond acceptors (Lipinski definition) is 6. The number of aromatic nitrogens is 1. The Hall–Kier alpha value is -3.40. The number of rotatable bonds is 6. The number of carboxylic acids is 2. The highest BCUT2D eigenvalue weighted by Crippen LogP contribution is 2.39. The smallest absolute Gasteiger partial charge is 0.414 e. The molecule has 38 heavy (non-hydrogen) atoms. The van der Waals surface area contributed by atoms with Crippen LogP contribution in [0.25, 0.3) is 21.0 Å². The van der Waals surface area contributed by atoms with Gasteiger partial charge in [0.05, 0.1) is 0 Å². The Morgan fingerprint density at radius 1 is 1.13 bits per heavy atom. The lowest BCUT2D eigenvalue weighted by Crippen LogP contribution is -2.45. The molecule has 4 aromatic rings. The molecule has 5 rings (SSSR count). The highest BCUT2D eigenvalue weighted by molar-refractivity contribution is 7.19. The van der Waals surface area contributed by atoms with Crippen molar-refractivity contribution in [3.63, 3.8) is 0 Å². The first kappa shape index (κ1) is 27.6. The zero-order valence-electron chi connectivity index (χ0n) is 21.8. The Labute approximate surface area is 225 Å². The molecule has 2 aromatic heterocycles. The largest absolute Gasteiger partial charge is 0.490 e. The van der Waals surface area contributed by atoms with E-state index in [1.165, 1.54) is 26.1 Å². The third kappa shape index (κ3) is 6.53. The molecule has 1 fully saturated rings. The Morgan fingerprint density at radius 3 is 2.61 bits per heavy atom. The molecule has 0 bridgehead atoms. The van der Waals surface area contributed by atoms with Gasteiger partial charge in [-0.1, -0.05) is 12.1 Å². The Kier molecular flexibility index (Phi) is 8.71. The van der Waals surface area contributed by atoms with Gasteiger partial charge in [0, 0.05) is 39.3 Å². The average Bonchev–Trinajstić information content (AvgIpc) is 3.52. The molecule has 9 heteroatoms. The van der Waals surface area contributed by atoms with Gasteiger partial charge in [-0.25, -0.2) is 9.59 Å². The lowest BCUT2D eigenvalue weighted by molar-refractivity contribution is -0.159. The van der Waals surface area contributed by atoms with E-state index in [1.807, 2.05) is 41.8 Å². The van der Waals surface area contributed by atoms with E-state index in [0.29, 0.717) is 25.1 Å². The van der Waals surface area contributed by atoms with Crippen molar-refractivity contribution in [1.82, 2.24) is 9.88 Å². The van der Waals surface area contributed by atoms with E-state index < -0.39 is 18.0 Å². The summed E-state index contributed by atoms with van der Waals surface area (Å²) in [6.07, 6.45) is 3.70. The number of carbonyl (C=O) groups is 2. The van der Waals surface area contributed by atoms with Gasteiger partial charge in [0.15, 0.2) is 0 Å². The minimum atomic E-state index is -1.82. The second-order valence-corrected chi connectivity index (χ2v) is 11.1. The number of hydrogen-bond donors (Lipinski definition) is 4. The highest BCUT2D eigenvalue weighted by atomic mass is 32.1. The summed E-state index contributed by atoms with van der Waals surface area (Å²) >= 11 is 1.97. The van der Waals surface area contributed by atoms with Gasteiger partial charge in [0.25, 0.3) is 0 Å². The third-order valence-corrected chi connectivity index (χ3v) is 8.28. The summed E-state index contributed by atoms with van der Waals surface area (Å²) in [5.41, 5.74) is 3.78. The normalized spacial score (nSPS) is 18.6. The third-order valence-electron chi connectivity index (χ3n) is 7.04. The molecule has 0 unspecified atom stereocenters. The van der Waals surface area contributed by atoms with Crippen LogP contribution in [0, 0.1) is 13.8 Å². The van der Waals surface area contributed by atoms with Gasteiger partial charge < -0.3 is 25.0 Å². The molecule has 8 nitrogen and oxygen atoms in total. The van der Waals surface area contributed by atoms with E-state index >= 15 is 0 Å². The molecule has 1 saturated heterocycles. The number of aliphatic hydroxyl groups is 1. The molecule has 1 aliphatic heterocycles. The molecule has 0 spiro atoms. The topological polar surface area (TPSA) is 123 Å². The van der Waals surface area contributed by atoms with Crippen LogP contribution in [0.2, 0.25) is 0 Å². The van der Waals surface area contributed by atoms with Gasteiger partial charge in [-0.2, -0.15) is 0 Å². The van der Waals surface area contributed by atoms with E-state index in [9.17, 15) is 5.11 Å². The van der Waals surface area contributed by atoms with Crippen molar-refractivity contribution in [2.75, 3.05) is 19.7 Å². The molecule has 0 amide bonds. The van der Waals surface area contributed by atoms with E-state index in [-0.39, 0.29) is 0 Å². The maximum Gasteiger partial charge on any atom is 0.414 e. The molecule has 3 heterocycles. The number of fused-ring (bicyclic) bond motifs is 2. The minimum absolute atomic E-state index is 0.311. The Bertz CT molecular complexity index is 1420. The molecule has 3 atom stereocenters. The lowest BCUT2D eigenvalue weighted by Gasteiger charge is -2.38. The highest BCUT2D eigenvalue weighted by Gasteiger charge is 2.29. The molecule has 1 aliphatic rings. The number of likely N-dealkylation sites (tertiary alicyclic amines) is 1. The summed E-state index contributed by atoms with van der Waals surface area (Å²) in [6.45, 7) is 8.68. The summed E-state index contributed by atoms with van der Waals surface area (Å²) in [4.78, 5) is 25.3. The van der Waals surface area contributed by atoms with Crippen LogP contribution in [0.15, 0.2) is 48.7 Å². The van der Waals surface area contributed by atoms with Crippen LogP contribution in [0.4, 0.5) is 0 Å². The molecule has 0 radical (unpaired) electrons. The van der Waals surface area contributed by atoms with Crippen LogP contribution in [0.3, 0.4) is 0 Å². The quantitative estimate of drug-likeness (QED) is 0.250. The number of aromatic amines is 1. The van der Waals surface area contributed by atoms with Crippen molar-refractivity contribution in [3.8, 4) is 5.75 Å². The van der Waals surface area contributed by atoms with Crippen LogP contribution in [-0.4, -0.2) is 69.0 Å². The van der Waals surface area contributed by atoms with E-state index in [1.54, 1.807) is 0 Å². The number of β-amino-alcohol motifs (C(OH)–C–C–N with tert-alkyl or cyclic N) is 1. The number of aliphatic carboxylic acids is 2. The first-order valence-electron chi connectivity index (χ1n) is 12.7. The zero-order chi connectivity index (χ0) is 27.4. The Morgan fingerprint density at radius 2 is 1.89 bits per heavy atom. The molecular weight excluding hydrogens is 504 g/mol. The van der Waals surface area contributed by atoms with Gasteiger partial charge in [-0.3, -0.25) is 4.90 Å². The maximum atomic E-state index is 10.7. The van der Waals surface area contributed by atoms with E-state index in [4.69, 9.17) is 24.5 Å². The van der Waals surface area contributed by atoms with E-state index in [2.05, 4.69) is 48.9 Å². The molecule has 0 aliphatic carbocycles. The van der Waals surface area contributed by atoms with Crippen molar-refractivity contribution in [1.29, 1.82) is 0 Å². The first-order valence-corrected chi connectivity index (χ1v) is 13.5. The fourth-order valence-corrected chi connectivity index (χ4v) is 6.54. The second kappa shape index (κ2) is 12.0. The first-order chi connectivity index (χ1) is 18.1. The van der Waals surface area contributed by atoms with Crippen molar-refractivity contribution in [3.05, 3.63) is 64.7 Å². The number of benzene rings is 2. The number of aliphatic hydroxyl groups excluding tert-OH is 1.